The van der Waals surface area contributed by atoms with E-state index in [1.165, 1.54) is 83.5 Å². The minimum absolute atomic E-state index is 0.128. The summed E-state index contributed by atoms with van der Waals surface area (Å²) in [4.78, 5) is 16.0. The molecule has 0 aliphatic heterocycles. The lowest BCUT2D eigenvalue weighted by Gasteiger charge is -2.06. The van der Waals surface area contributed by atoms with Gasteiger partial charge >= 0.3 is 0 Å². The lowest BCUT2D eigenvalue weighted by molar-refractivity contribution is -0.121. The third-order valence-corrected chi connectivity index (χ3v) is 4.92. The number of carbonyl (C=O) groups is 1. The average molecular weight is 387 g/mol. The Morgan fingerprint density at radius 2 is 1.19 bits per heavy atom. The van der Waals surface area contributed by atoms with Crippen molar-refractivity contribution in [2.45, 2.75) is 110 Å². The van der Waals surface area contributed by atoms with E-state index >= 15 is 0 Å². The molecule has 27 heavy (non-hydrogen) atoms. The zero-order chi connectivity index (χ0) is 19.8. The fourth-order valence-corrected chi connectivity index (χ4v) is 3.22. The van der Waals surface area contributed by atoms with E-state index in [2.05, 4.69) is 17.1 Å². The summed E-state index contributed by atoms with van der Waals surface area (Å²) < 4.78 is 5.24. The van der Waals surface area contributed by atoms with E-state index in [0.717, 1.165) is 12.8 Å². The predicted octanol–water partition coefficient (Wildman–Crippen LogP) is 5.27. The first-order valence-electron chi connectivity index (χ1n) is 11.5. The van der Waals surface area contributed by atoms with Crippen molar-refractivity contribution in [2.24, 2.45) is 5.90 Å². The van der Waals surface area contributed by atoms with Crippen molar-refractivity contribution in [3.63, 3.8) is 0 Å². The Morgan fingerprint density at radius 3 is 1.67 bits per heavy atom. The SMILES string of the molecule is CCCCCCCCCCCCCCCCCC(=O)NCCOCCON. The van der Waals surface area contributed by atoms with Crippen LogP contribution in [0.25, 0.3) is 0 Å². The Balaban J connectivity index is 3.10. The van der Waals surface area contributed by atoms with Crippen LogP contribution in [0, 0.1) is 0 Å². The minimum Gasteiger partial charge on any atom is -0.377 e. The predicted molar refractivity (Wildman–Crippen MR) is 114 cm³/mol. The lowest BCUT2D eigenvalue weighted by Crippen LogP contribution is -2.27. The highest BCUT2D eigenvalue weighted by Crippen LogP contribution is 2.13. The summed E-state index contributed by atoms with van der Waals surface area (Å²) in [6.45, 7) is 4.19. The van der Waals surface area contributed by atoms with Crippen molar-refractivity contribution in [2.75, 3.05) is 26.4 Å². The zero-order valence-corrected chi connectivity index (χ0v) is 17.9. The Labute approximate surface area is 168 Å². The molecule has 0 atom stereocenters. The third-order valence-electron chi connectivity index (χ3n) is 4.92. The number of ether oxygens (including phenoxy) is 1. The number of amides is 1. The van der Waals surface area contributed by atoms with Gasteiger partial charge in [-0.1, -0.05) is 96.8 Å². The standard InChI is InChI=1S/C22H46N2O3/c1-2-3-4-5-6-7-8-9-10-11-12-13-14-15-16-17-22(25)24-18-19-26-20-21-27-23/h2-21,23H2,1H3,(H,24,25). The van der Waals surface area contributed by atoms with Crippen LogP contribution in [-0.2, 0) is 14.4 Å². The molecule has 0 saturated carbocycles. The van der Waals surface area contributed by atoms with Crippen molar-refractivity contribution >= 4 is 5.91 Å². The number of unbranched alkanes of at least 4 members (excludes halogenated alkanes) is 14. The molecule has 5 nitrogen and oxygen atoms in total. The molecule has 1 amide bonds. The molecule has 162 valence electrons. The number of nitrogens with one attached hydrogen (secondary N) is 1. The number of hydrogen-bond donors (Lipinski definition) is 2. The molecule has 0 fully saturated rings. The second-order valence-electron chi connectivity index (χ2n) is 7.53. The van der Waals surface area contributed by atoms with Crippen LogP contribution in [0.4, 0.5) is 0 Å². The summed E-state index contributed by atoms with van der Waals surface area (Å²) in [7, 11) is 0. The molecule has 0 rings (SSSR count). The van der Waals surface area contributed by atoms with Crippen LogP contribution in [0.5, 0.6) is 0 Å². The molecule has 0 aromatic rings. The summed E-state index contributed by atoms with van der Waals surface area (Å²) >= 11 is 0. The molecule has 0 bridgehead atoms. The first-order chi connectivity index (χ1) is 13.3. The smallest absolute Gasteiger partial charge is 0.220 e. The molecule has 0 unspecified atom stereocenters. The first-order valence-corrected chi connectivity index (χ1v) is 11.5. The van der Waals surface area contributed by atoms with Gasteiger partial charge in [0.2, 0.25) is 5.91 Å². The van der Waals surface area contributed by atoms with Crippen molar-refractivity contribution < 1.29 is 14.4 Å². The van der Waals surface area contributed by atoms with Gasteiger partial charge in [-0.25, -0.2) is 5.90 Å². The zero-order valence-electron chi connectivity index (χ0n) is 17.9. The molecule has 0 spiro atoms. The third kappa shape index (κ3) is 23.3. The van der Waals surface area contributed by atoms with Gasteiger partial charge in [0.05, 0.1) is 19.8 Å². The van der Waals surface area contributed by atoms with Crippen molar-refractivity contribution in [1.82, 2.24) is 5.32 Å². The molecule has 0 radical (unpaired) electrons. The van der Waals surface area contributed by atoms with E-state index in [4.69, 9.17) is 10.6 Å². The van der Waals surface area contributed by atoms with Crippen molar-refractivity contribution in [3.05, 3.63) is 0 Å². The van der Waals surface area contributed by atoms with Crippen LogP contribution < -0.4 is 11.2 Å². The van der Waals surface area contributed by atoms with Crippen LogP contribution in [0.1, 0.15) is 110 Å². The van der Waals surface area contributed by atoms with Crippen molar-refractivity contribution in [3.8, 4) is 0 Å². The molecule has 0 heterocycles. The quantitative estimate of drug-likeness (QED) is 0.196. The summed E-state index contributed by atoms with van der Waals surface area (Å²) in [5.74, 6) is 5.02. The van der Waals surface area contributed by atoms with E-state index in [9.17, 15) is 4.79 Å². The summed E-state index contributed by atoms with van der Waals surface area (Å²) in [6.07, 6.45) is 20.8. The Hall–Kier alpha value is -0.650. The van der Waals surface area contributed by atoms with Gasteiger partial charge in [-0.3, -0.25) is 4.79 Å². The van der Waals surface area contributed by atoms with Gasteiger partial charge in [0.25, 0.3) is 0 Å². The van der Waals surface area contributed by atoms with E-state index in [-0.39, 0.29) is 5.91 Å². The largest absolute Gasteiger partial charge is 0.377 e. The van der Waals surface area contributed by atoms with Crippen LogP contribution in [0.2, 0.25) is 0 Å². The monoisotopic (exact) mass is 386 g/mol. The molecule has 0 aliphatic rings. The molecular formula is C22H46N2O3. The normalized spacial score (nSPS) is 11.0. The van der Waals surface area contributed by atoms with Crippen LogP contribution in [0.3, 0.4) is 0 Å². The Morgan fingerprint density at radius 1 is 0.704 bits per heavy atom. The fraction of sp³-hybridized carbons (Fsp3) is 0.955. The Bertz CT molecular complexity index is 301. The molecule has 0 aromatic heterocycles. The molecule has 0 saturated heterocycles. The number of rotatable bonds is 22. The molecule has 0 aliphatic carbocycles. The van der Waals surface area contributed by atoms with Gasteiger partial charge in [0, 0.05) is 13.0 Å². The van der Waals surface area contributed by atoms with Gasteiger partial charge in [0.15, 0.2) is 0 Å². The van der Waals surface area contributed by atoms with E-state index < -0.39 is 0 Å². The maximum atomic E-state index is 11.7. The van der Waals surface area contributed by atoms with Gasteiger partial charge < -0.3 is 14.9 Å². The van der Waals surface area contributed by atoms with Crippen LogP contribution in [-0.4, -0.2) is 32.3 Å². The number of hydrogen-bond acceptors (Lipinski definition) is 4. The maximum Gasteiger partial charge on any atom is 0.220 e. The maximum absolute atomic E-state index is 11.7. The Kier molecular flexibility index (Phi) is 22.8. The molecule has 0 aromatic carbocycles. The minimum atomic E-state index is 0.128. The summed E-state index contributed by atoms with van der Waals surface area (Å²) in [6, 6.07) is 0. The molecule has 3 N–H and O–H groups in total. The highest BCUT2D eigenvalue weighted by molar-refractivity contribution is 5.75. The van der Waals surface area contributed by atoms with Gasteiger partial charge in [-0.2, -0.15) is 0 Å². The van der Waals surface area contributed by atoms with E-state index in [1.807, 2.05) is 0 Å². The summed E-state index contributed by atoms with van der Waals surface area (Å²) in [5.41, 5.74) is 0. The lowest BCUT2D eigenvalue weighted by atomic mass is 10.0. The highest BCUT2D eigenvalue weighted by Gasteiger charge is 2.00. The highest BCUT2D eigenvalue weighted by atomic mass is 16.6. The van der Waals surface area contributed by atoms with Crippen molar-refractivity contribution in [1.29, 1.82) is 0 Å². The van der Waals surface area contributed by atoms with Gasteiger partial charge in [-0.05, 0) is 6.42 Å². The number of carbonyl (C=O) groups excluding carboxylic acids is 1. The molecule has 5 heteroatoms. The second kappa shape index (κ2) is 23.4. The van der Waals surface area contributed by atoms with Gasteiger partial charge in [0.1, 0.15) is 0 Å². The summed E-state index contributed by atoms with van der Waals surface area (Å²) in [5, 5.41) is 2.87. The second-order valence-corrected chi connectivity index (χ2v) is 7.53. The van der Waals surface area contributed by atoms with E-state index in [1.54, 1.807) is 0 Å². The average Bonchev–Trinajstić information content (AvgIpc) is 2.67. The van der Waals surface area contributed by atoms with E-state index in [0.29, 0.717) is 32.8 Å². The fourth-order valence-electron chi connectivity index (χ4n) is 3.22. The van der Waals surface area contributed by atoms with Gasteiger partial charge in [-0.15, -0.1) is 0 Å². The first kappa shape index (κ1) is 26.4. The number of nitrogens with two attached hydrogens (primary N) is 1. The molecular weight excluding hydrogens is 340 g/mol. The van der Waals surface area contributed by atoms with Crippen LogP contribution >= 0.6 is 0 Å². The topological polar surface area (TPSA) is 73.6 Å². The van der Waals surface area contributed by atoms with Crippen LogP contribution in [0.15, 0.2) is 0 Å².